The number of amides is 1. The molecule has 8 heteroatoms. The van der Waals surface area contributed by atoms with E-state index < -0.39 is 0 Å². The Balaban J connectivity index is 0. The summed E-state index contributed by atoms with van der Waals surface area (Å²) in [7, 11) is 0. The van der Waals surface area contributed by atoms with Gasteiger partial charge in [0, 0.05) is 5.56 Å². The van der Waals surface area contributed by atoms with E-state index in [1.54, 1.807) is 12.1 Å². The van der Waals surface area contributed by atoms with E-state index in [0.717, 1.165) is 5.01 Å². The quantitative estimate of drug-likeness (QED) is 0.919. The van der Waals surface area contributed by atoms with E-state index in [9.17, 15) is 4.79 Å². The van der Waals surface area contributed by atoms with Crippen molar-refractivity contribution < 1.29 is 4.79 Å². The first-order valence-corrected chi connectivity index (χ1v) is 5.24. The zero-order valence-electron chi connectivity index (χ0n) is 9.32. The molecule has 0 unspecified atom stereocenters. The Morgan fingerprint density at radius 3 is 2.22 bits per heavy atom. The predicted molar refractivity (Wildman–Crippen MR) is 80.8 cm³/mol. The van der Waals surface area contributed by atoms with Crippen LogP contribution >= 0.6 is 48.6 Å². The molecule has 18 heavy (non-hydrogen) atoms. The largest absolute Gasteiger partial charge is 0.296 e. The summed E-state index contributed by atoms with van der Waals surface area (Å²) in [6.07, 6.45) is 0. The maximum Gasteiger partial charge on any atom is 0.257 e. The molecule has 0 fully saturated rings. The Bertz CT molecular complexity index is 478. The molecule has 0 bridgehead atoms. The molecular weight excluding hydrogens is 317 g/mol. The van der Waals surface area contributed by atoms with E-state index in [0.29, 0.717) is 10.7 Å². The summed E-state index contributed by atoms with van der Waals surface area (Å²) in [4.78, 5) is 11.7. The van der Waals surface area contributed by atoms with Crippen LogP contribution in [-0.4, -0.2) is 16.1 Å². The van der Waals surface area contributed by atoms with Crippen molar-refractivity contribution in [3.63, 3.8) is 0 Å². The molecule has 1 N–H and O–H groups in total. The van der Waals surface area contributed by atoms with Crippen molar-refractivity contribution in [1.82, 2.24) is 10.2 Å². The molecule has 1 aromatic carbocycles. The van der Waals surface area contributed by atoms with Gasteiger partial charge >= 0.3 is 0 Å². The zero-order valence-corrected chi connectivity index (χ0v) is 12.6. The Morgan fingerprint density at radius 2 is 1.72 bits per heavy atom. The van der Waals surface area contributed by atoms with Gasteiger partial charge < -0.3 is 0 Å². The van der Waals surface area contributed by atoms with Crippen molar-refractivity contribution in [2.24, 2.45) is 0 Å². The highest BCUT2D eigenvalue weighted by molar-refractivity contribution is 7.15. The van der Waals surface area contributed by atoms with Crippen LogP contribution in [0.25, 0.3) is 0 Å². The summed E-state index contributed by atoms with van der Waals surface area (Å²) in [6.45, 7) is 1.84. The number of hydrogen-bond donors (Lipinski definition) is 1. The number of nitrogens with one attached hydrogen (secondary N) is 1. The second-order valence-corrected chi connectivity index (χ2v) is 4.13. The first-order chi connectivity index (χ1) is 7.25. The second kappa shape index (κ2) is 9.10. The van der Waals surface area contributed by atoms with Crippen molar-refractivity contribution in [2.75, 3.05) is 5.32 Å². The van der Waals surface area contributed by atoms with Crippen molar-refractivity contribution in [3.05, 3.63) is 40.9 Å². The highest BCUT2D eigenvalue weighted by Gasteiger charge is 2.07. The van der Waals surface area contributed by atoms with E-state index in [-0.39, 0.29) is 43.1 Å². The summed E-state index contributed by atoms with van der Waals surface area (Å²) < 4.78 is 0. The van der Waals surface area contributed by atoms with E-state index in [2.05, 4.69) is 15.5 Å². The van der Waals surface area contributed by atoms with Gasteiger partial charge in [0.05, 0.1) is 0 Å². The van der Waals surface area contributed by atoms with Crippen LogP contribution in [0.4, 0.5) is 5.13 Å². The van der Waals surface area contributed by atoms with Crippen LogP contribution in [0.3, 0.4) is 0 Å². The molecule has 4 nitrogen and oxygen atoms in total. The number of aryl methyl sites for hydroxylation is 1. The second-order valence-electron chi connectivity index (χ2n) is 2.95. The molecule has 1 aromatic heterocycles. The van der Waals surface area contributed by atoms with Gasteiger partial charge in [-0.25, -0.2) is 0 Å². The highest BCUT2D eigenvalue weighted by Crippen LogP contribution is 2.14. The number of hydrogen-bond acceptors (Lipinski definition) is 4. The van der Waals surface area contributed by atoms with E-state index in [4.69, 9.17) is 0 Å². The lowest BCUT2D eigenvalue weighted by atomic mass is 10.2. The normalized spacial score (nSPS) is 8.28. The highest BCUT2D eigenvalue weighted by atomic mass is 35.5. The first-order valence-electron chi connectivity index (χ1n) is 4.42. The number of carbonyl (C=O) groups excluding carboxylic acids is 1. The number of halogens is 3. The number of rotatable bonds is 2. The Labute approximate surface area is 127 Å². The number of nitrogens with zero attached hydrogens (tertiary/aromatic N) is 2. The molecule has 0 spiro atoms. The van der Waals surface area contributed by atoms with Crippen LogP contribution in [0.15, 0.2) is 30.3 Å². The third kappa shape index (κ3) is 5.18. The Morgan fingerprint density at radius 1 is 1.11 bits per heavy atom. The molecule has 0 saturated carbocycles. The molecule has 0 aliphatic heterocycles. The van der Waals surface area contributed by atoms with Crippen LogP contribution < -0.4 is 5.32 Å². The average Bonchev–Trinajstić information content (AvgIpc) is 2.65. The maximum atomic E-state index is 11.7. The minimum atomic E-state index is -0.160. The van der Waals surface area contributed by atoms with Crippen molar-refractivity contribution >= 4 is 59.6 Å². The summed E-state index contributed by atoms with van der Waals surface area (Å²) in [5.41, 5.74) is 0.616. The number of aromatic nitrogens is 2. The predicted octanol–water partition coefficient (Wildman–Crippen LogP) is 3.36. The molecule has 0 atom stereocenters. The fourth-order valence-corrected chi connectivity index (χ4v) is 1.69. The van der Waals surface area contributed by atoms with Crippen LogP contribution in [-0.2, 0) is 0 Å². The molecular formula is C10H12Cl3N3OS. The first kappa shape index (κ1) is 19.5. The minimum absolute atomic E-state index is 0. The molecule has 0 radical (unpaired) electrons. The number of benzene rings is 1. The Kier molecular flexibility index (Phi) is 9.84. The monoisotopic (exact) mass is 327 g/mol. The van der Waals surface area contributed by atoms with Gasteiger partial charge in [-0.05, 0) is 19.1 Å². The standard InChI is InChI=1S/C10H9N3OS.3ClH/c1-7-12-13-10(15-7)11-9(14)8-5-3-2-4-6-8;;;/h2-6H,1H3,(H,11,13,14);3*1H. The molecule has 100 valence electrons. The van der Waals surface area contributed by atoms with Crippen LogP contribution in [0.5, 0.6) is 0 Å². The zero-order chi connectivity index (χ0) is 10.7. The van der Waals surface area contributed by atoms with E-state index >= 15 is 0 Å². The third-order valence-electron chi connectivity index (χ3n) is 1.78. The number of anilines is 1. The number of carbonyl (C=O) groups is 1. The summed E-state index contributed by atoms with van der Waals surface area (Å²) in [5.74, 6) is -0.160. The lowest BCUT2D eigenvalue weighted by Gasteiger charge is -1.99. The van der Waals surface area contributed by atoms with Gasteiger partial charge in [-0.3, -0.25) is 10.1 Å². The fraction of sp³-hybridized carbons (Fsp3) is 0.100. The topological polar surface area (TPSA) is 54.9 Å². The van der Waals surface area contributed by atoms with Gasteiger partial charge in [0.15, 0.2) is 0 Å². The smallest absolute Gasteiger partial charge is 0.257 e. The Hall–Kier alpha value is -0.880. The van der Waals surface area contributed by atoms with Gasteiger partial charge in [-0.15, -0.1) is 47.4 Å². The summed E-state index contributed by atoms with van der Waals surface area (Å²) >= 11 is 1.36. The lowest BCUT2D eigenvalue weighted by molar-refractivity contribution is 0.102. The van der Waals surface area contributed by atoms with Crippen molar-refractivity contribution in [2.45, 2.75) is 6.92 Å². The van der Waals surface area contributed by atoms with Gasteiger partial charge in [-0.1, -0.05) is 29.5 Å². The van der Waals surface area contributed by atoms with E-state index in [1.807, 2.05) is 25.1 Å². The molecule has 2 rings (SSSR count). The average molecular weight is 329 g/mol. The molecule has 0 aliphatic carbocycles. The van der Waals surface area contributed by atoms with Crippen LogP contribution in [0.2, 0.25) is 0 Å². The fourth-order valence-electron chi connectivity index (χ4n) is 1.11. The van der Waals surface area contributed by atoms with Crippen LogP contribution in [0, 0.1) is 6.92 Å². The molecule has 0 aliphatic rings. The third-order valence-corrected chi connectivity index (χ3v) is 2.54. The van der Waals surface area contributed by atoms with Crippen LogP contribution in [0.1, 0.15) is 15.4 Å². The maximum absolute atomic E-state index is 11.7. The molecule has 2 aromatic rings. The lowest BCUT2D eigenvalue weighted by Crippen LogP contribution is -2.11. The SMILES string of the molecule is Cc1nnc(NC(=O)c2ccccc2)s1.Cl.Cl.Cl. The van der Waals surface area contributed by atoms with Gasteiger partial charge in [-0.2, -0.15) is 0 Å². The summed E-state index contributed by atoms with van der Waals surface area (Å²) in [5, 5.41) is 11.7. The van der Waals surface area contributed by atoms with Crippen molar-refractivity contribution in [3.8, 4) is 0 Å². The van der Waals surface area contributed by atoms with E-state index in [1.165, 1.54) is 11.3 Å². The molecule has 1 amide bonds. The van der Waals surface area contributed by atoms with Gasteiger partial charge in [0.2, 0.25) is 5.13 Å². The summed E-state index contributed by atoms with van der Waals surface area (Å²) in [6, 6.07) is 9.01. The minimum Gasteiger partial charge on any atom is -0.296 e. The molecule has 1 heterocycles. The van der Waals surface area contributed by atoms with Gasteiger partial charge in [0.25, 0.3) is 5.91 Å². The van der Waals surface area contributed by atoms with Crippen molar-refractivity contribution in [1.29, 1.82) is 0 Å². The molecule has 0 saturated heterocycles. The van der Waals surface area contributed by atoms with Gasteiger partial charge in [0.1, 0.15) is 5.01 Å².